The summed E-state index contributed by atoms with van der Waals surface area (Å²) in [5, 5.41) is 12.7. The molecule has 7 heteroatoms. The second-order valence-electron chi connectivity index (χ2n) is 7.92. The zero-order valence-electron chi connectivity index (χ0n) is 18.2. The Morgan fingerprint density at radius 3 is 2.68 bits per heavy atom. The minimum absolute atomic E-state index is 0.0303. The zero-order chi connectivity index (χ0) is 21.8. The molecule has 3 aromatic rings. The topological polar surface area (TPSA) is 69.0 Å². The largest absolute Gasteiger partial charge is 0.494 e. The molecule has 1 amide bonds. The summed E-state index contributed by atoms with van der Waals surface area (Å²) in [6.07, 6.45) is 2.42. The van der Waals surface area contributed by atoms with Crippen molar-refractivity contribution in [2.24, 2.45) is 5.92 Å². The third-order valence-corrected chi connectivity index (χ3v) is 6.29. The minimum Gasteiger partial charge on any atom is -0.494 e. The number of ether oxygens (including phenoxy) is 1. The van der Waals surface area contributed by atoms with Gasteiger partial charge in [-0.05, 0) is 69.9 Å². The average molecular weight is 437 g/mol. The Hall–Kier alpha value is -2.80. The Kier molecular flexibility index (Phi) is 6.61. The average Bonchev–Trinajstić information content (AvgIpc) is 3.53. The van der Waals surface area contributed by atoms with Crippen LogP contribution >= 0.6 is 11.8 Å². The van der Waals surface area contributed by atoms with Gasteiger partial charge in [-0.15, -0.1) is 10.2 Å². The number of amides is 1. The summed E-state index contributed by atoms with van der Waals surface area (Å²) in [6, 6.07) is 16.3. The molecule has 0 aliphatic heterocycles. The number of carbonyl (C=O) groups is 1. The molecule has 0 saturated heterocycles. The van der Waals surface area contributed by atoms with Gasteiger partial charge >= 0.3 is 0 Å². The second kappa shape index (κ2) is 9.56. The first kappa shape index (κ1) is 21.4. The van der Waals surface area contributed by atoms with Crippen LogP contribution in [0.1, 0.15) is 32.3 Å². The summed E-state index contributed by atoms with van der Waals surface area (Å²) in [7, 11) is 0. The first-order chi connectivity index (χ1) is 15.0. The van der Waals surface area contributed by atoms with Crippen molar-refractivity contribution in [3.8, 4) is 22.8 Å². The lowest BCUT2D eigenvalue weighted by Gasteiger charge is -2.13. The molecule has 1 atom stereocenters. The normalized spacial score (nSPS) is 14.3. The van der Waals surface area contributed by atoms with Crippen molar-refractivity contribution < 1.29 is 9.53 Å². The highest BCUT2D eigenvalue weighted by Gasteiger charge is 2.29. The fourth-order valence-electron chi connectivity index (χ4n) is 3.57. The maximum absolute atomic E-state index is 12.4. The third kappa shape index (κ3) is 5.28. The smallest absolute Gasteiger partial charge is 0.230 e. The van der Waals surface area contributed by atoms with Crippen LogP contribution in [0.4, 0.5) is 0 Å². The summed E-state index contributed by atoms with van der Waals surface area (Å²) in [4.78, 5) is 12.4. The first-order valence-electron chi connectivity index (χ1n) is 10.7. The van der Waals surface area contributed by atoms with Gasteiger partial charge in [-0.25, -0.2) is 0 Å². The number of rotatable bonds is 9. The van der Waals surface area contributed by atoms with Gasteiger partial charge in [0, 0.05) is 17.3 Å². The molecule has 0 spiro atoms. The summed E-state index contributed by atoms with van der Waals surface area (Å²) >= 11 is 1.40. The number of hydrogen-bond acceptors (Lipinski definition) is 5. The summed E-state index contributed by atoms with van der Waals surface area (Å²) in [5.74, 6) is 2.54. The predicted molar refractivity (Wildman–Crippen MR) is 124 cm³/mol. The van der Waals surface area contributed by atoms with E-state index in [-0.39, 0.29) is 11.9 Å². The van der Waals surface area contributed by atoms with Crippen molar-refractivity contribution in [1.82, 2.24) is 20.1 Å². The monoisotopic (exact) mass is 436 g/mol. The molecule has 1 aliphatic rings. The minimum atomic E-state index is 0.0303. The molecule has 1 unspecified atom stereocenters. The van der Waals surface area contributed by atoms with Crippen molar-refractivity contribution >= 4 is 17.7 Å². The first-order valence-corrected chi connectivity index (χ1v) is 11.7. The number of carbonyl (C=O) groups excluding carboxylic acids is 1. The summed E-state index contributed by atoms with van der Waals surface area (Å²) in [6.45, 7) is 6.73. The number of thioether (sulfide) groups is 1. The SMILES string of the molecule is CCOc1ccc(-n2c(SCC(=O)NC(C)C3CC3)nnc2-c2cccc(C)c2)cc1. The molecule has 6 nitrogen and oxygen atoms in total. The Morgan fingerprint density at radius 1 is 1.23 bits per heavy atom. The Bertz CT molecular complexity index is 1040. The van der Waals surface area contributed by atoms with Crippen molar-refractivity contribution in [2.45, 2.75) is 44.8 Å². The molecule has 31 heavy (non-hydrogen) atoms. The molecule has 1 aliphatic carbocycles. The lowest BCUT2D eigenvalue weighted by Crippen LogP contribution is -2.35. The van der Waals surface area contributed by atoms with Crippen LogP contribution in [0, 0.1) is 12.8 Å². The van der Waals surface area contributed by atoms with Crippen LogP contribution in [-0.2, 0) is 4.79 Å². The lowest BCUT2D eigenvalue weighted by atomic mass is 10.1. The van der Waals surface area contributed by atoms with E-state index in [0.29, 0.717) is 23.4 Å². The van der Waals surface area contributed by atoms with Gasteiger partial charge in [0.25, 0.3) is 0 Å². The van der Waals surface area contributed by atoms with E-state index < -0.39 is 0 Å². The van der Waals surface area contributed by atoms with Gasteiger partial charge in [0.2, 0.25) is 5.91 Å². The highest BCUT2D eigenvalue weighted by molar-refractivity contribution is 7.99. The predicted octanol–water partition coefficient (Wildman–Crippen LogP) is 4.65. The van der Waals surface area contributed by atoms with E-state index in [1.165, 1.54) is 24.6 Å². The molecule has 162 valence electrons. The van der Waals surface area contributed by atoms with Crippen molar-refractivity contribution in [1.29, 1.82) is 0 Å². The highest BCUT2D eigenvalue weighted by Crippen LogP contribution is 2.33. The number of nitrogens with zero attached hydrogens (tertiary/aromatic N) is 3. The van der Waals surface area contributed by atoms with E-state index in [0.717, 1.165) is 28.4 Å². The van der Waals surface area contributed by atoms with Crippen LogP contribution in [0.2, 0.25) is 0 Å². The number of hydrogen-bond donors (Lipinski definition) is 1. The maximum atomic E-state index is 12.4. The van der Waals surface area contributed by atoms with Crippen molar-refractivity contribution in [3.05, 3.63) is 54.1 Å². The fraction of sp³-hybridized carbons (Fsp3) is 0.375. The second-order valence-corrected chi connectivity index (χ2v) is 8.86. The Labute approximate surface area is 187 Å². The molecule has 1 N–H and O–H groups in total. The van der Waals surface area contributed by atoms with E-state index in [9.17, 15) is 4.79 Å². The standard InChI is InChI=1S/C24H28N4O2S/c1-4-30-21-12-10-20(11-13-21)28-23(19-7-5-6-16(2)14-19)26-27-24(28)31-15-22(29)25-17(3)18-8-9-18/h5-7,10-14,17-18H,4,8-9,15H2,1-3H3,(H,25,29). The van der Waals surface area contributed by atoms with Crippen LogP contribution in [0.5, 0.6) is 5.75 Å². The Balaban J connectivity index is 1.60. The fourth-order valence-corrected chi connectivity index (χ4v) is 4.33. The van der Waals surface area contributed by atoms with E-state index in [2.05, 4.69) is 41.5 Å². The number of nitrogens with one attached hydrogen (secondary N) is 1. The molecule has 0 bridgehead atoms. The number of aryl methyl sites for hydroxylation is 1. The van der Waals surface area contributed by atoms with E-state index >= 15 is 0 Å². The molecule has 4 rings (SSSR count). The molecular weight excluding hydrogens is 408 g/mol. The van der Waals surface area contributed by atoms with E-state index in [4.69, 9.17) is 4.74 Å². The number of benzene rings is 2. The van der Waals surface area contributed by atoms with Gasteiger partial charge in [0.15, 0.2) is 11.0 Å². The van der Waals surface area contributed by atoms with E-state index in [1.807, 2.05) is 47.9 Å². The zero-order valence-corrected chi connectivity index (χ0v) is 19.0. The van der Waals surface area contributed by atoms with Gasteiger partial charge in [-0.1, -0.05) is 35.5 Å². The van der Waals surface area contributed by atoms with Crippen LogP contribution < -0.4 is 10.1 Å². The van der Waals surface area contributed by atoms with Gasteiger partial charge in [0.1, 0.15) is 5.75 Å². The van der Waals surface area contributed by atoms with Crippen molar-refractivity contribution in [2.75, 3.05) is 12.4 Å². The molecule has 1 aromatic heterocycles. The van der Waals surface area contributed by atoms with Gasteiger partial charge in [-0.3, -0.25) is 9.36 Å². The molecule has 0 radical (unpaired) electrons. The Morgan fingerprint density at radius 2 is 2.00 bits per heavy atom. The van der Waals surface area contributed by atoms with Crippen molar-refractivity contribution in [3.63, 3.8) is 0 Å². The summed E-state index contributed by atoms with van der Waals surface area (Å²) < 4.78 is 7.59. The molecule has 1 heterocycles. The van der Waals surface area contributed by atoms with Crippen LogP contribution in [0.25, 0.3) is 17.1 Å². The molecular formula is C24H28N4O2S. The van der Waals surface area contributed by atoms with Crippen LogP contribution in [0.3, 0.4) is 0 Å². The summed E-state index contributed by atoms with van der Waals surface area (Å²) in [5.41, 5.74) is 3.07. The van der Waals surface area contributed by atoms with E-state index in [1.54, 1.807) is 0 Å². The molecule has 2 aromatic carbocycles. The maximum Gasteiger partial charge on any atom is 0.230 e. The lowest BCUT2D eigenvalue weighted by molar-refractivity contribution is -0.119. The van der Waals surface area contributed by atoms with Gasteiger partial charge < -0.3 is 10.1 Å². The quantitative estimate of drug-likeness (QED) is 0.495. The van der Waals surface area contributed by atoms with Crippen LogP contribution in [0.15, 0.2) is 53.7 Å². The van der Waals surface area contributed by atoms with Crippen LogP contribution in [-0.4, -0.2) is 39.1 Å². The number of aromatic nitrogens is 3. The molecule has 1 fully saturated rings. The highest BCUT2D eigenvalue weighted by atomic mass is 32.2. The molecule has 1 saturated carbocycles. The van der Waals surface area contributed by atoms with Gasteiger partial charge in [-0.2, -0.15) is 0 Å². The third-order valence-electron chi connectivity index (χ3n) is 5.37. The van der Waals surface area contributed by atoms with Gasteiger partial charge in [0.05, 0.1) is 12.4 Å².